The number of hydrogen-bond donors (Lipinski definition) is 2. The third-order valence-electron chi connectivity index (χ3n) is 4.72. The van der Waals surface area contributed by atoms with Gasteiger partial charge in [-0.05, 0) is 91.9 Å². The molecule has 0 atom stereocenters. The van der Waals surface area contributed by atoms with Gasteiger partial charge in [0.2, 0.25) is 0 Å². The molecule has 0 radical (unpaired) electrons. The van der Waals surface area contributed by atoms with Gasteiger partial charge < -0.3 is 10.2 Å². The minimum atomic E-state index is -1.03. The number of carbonyl (C=O) groups is 1. The topological polar surface area (TPSA) is 83.3 Å². The number of pyridine rings is 2. The molecule has 2 aromatic carbocycles. The van der Waals surface area contributed by atoms with Gasteiger partial charge in [-0.1, -0.05) is 24.0 Å². The highest BCUT2D eigenvalue weighted by atomic mass is 19.1. The highest BCUT2D eigenvalue weighted by Gasteiger charge is 2.05. The highest BCUT2D eigenvalue weighted by Crippen LogP contribution is 2.07. The average molecular weight is 497 g/mol. The first-order chi connectivity index (χ1) is 17.7. The molecule has 0 saturated heterocycles. The van der Waals surface area contributed by atoms with Crippen LogP contribution in [-0.4, -0.2) is 26.2 Å². The van der Waals surface area contributed by atoms with E-state index in [1.54, 1.807) is 43.3 Å². The SMILES string of the molecule is Cc1cc(C(=O)O)cc(C#Cc2cccc(F)c2)n1.Cc1cc(CO)cc(C#Cc2cccc(F)c2)n1. The van der Waals surface area contributed by atoms with Crippen molar-refractivity contribution in [3.63, 3.8) is 0 Å². The van der Waals surface area contributed by atoms with Gasteiger partial charge in [0.15, 0.2) is 0 Å². The van der Waals surface area contributed by atoms with E-state index in [2.05, 4.69) is 33.6 Å². The molecule has 0 aliphatic carbocycles. The fourth-order valence-corrected chi connectivity index (χ4v) is 3.16. The number of carboxylic acids is 1. The van der Waals surface area contributed by atoms with Crippen molar-refractivity contribution in [2.45, 2.75) is 20.5 Å². The van der Waals surface area contributed by atoms with Gasteiger partial charge in [-0.2, -0.15) is 0 Å². The minimum Gasteiger partial charge on any atom is -0.478 e. The molecular formula is C30H22F2N2O3. The van der Waals surface area contributed by atoms with Crippen LogP contribution in [0.15, 0.2) is 72.8 Å². The van der Waals surface area contributed by atoms with E-state index < -0.39 is 5.97 Å². The number of aliphatic hydroxyl groups is 1. The second-order valence-electron chi connectivity index (χ2n) is 7.87. The van der Waals surface area contributed by atoms with Gasteiger partial charge >= 0.3 is 5.97 Å². The summed E-state index contributed by atoms with van der Waals surface area (Å²) in [7, 11) is 0. The second kappa shape index (κ2) is 12.7. The molecule has 0 bridgehead atoms. The Morgan fingerprint density at radius 3 is 1.76 bits per heavy atom. The Kier molecular flexibility index (Phi) is 9.21. The molecule has 2 heterocycles. The summed E-state index contributed by atoms with van der Waals surface area (Å²) in [5.41, 5.74) is 4.31. The summed E-state index contributed by atoms with van der Waals surface area (Å²) >= 11 is 0. The molecule has 2 aromatic heterocycles. The van der Waals surface area contributed by atoms with Crippen LogP contribution in [0.2, 0.25) is 0 Å². The molecule has 0 spiro atoms. The lowest BCUT2D eigenvalue weighted by Crippen LogP contribution is -1.99. The molecule has 37 heavy (non-hydrogen) atoms. The molecule has 7 heteroatoms. The van der Waals surface area contributed by atoms with Gasteiger partial charge in [-0.3, -0.25) is 0 Å². The zero-order valence-electron chi connectivity index (χ0n) is 20.1. The quantitative estimate of drug-likeness (QED) is 0.380. The first kappa shape index (κ1) is 26.7. The maximum absolute atomic E-state index is 13.0. The van der Waals surface area contributed by atoms with E-state index >= 15 is 0 Å². The van der Waals surface area contributed by atoms with Crippen molar-refractivity contribution in [1.82, 2.24) is 9.97 Å². The largest absolute Gasteiger partial charge is 0.478 e. The summed E-state index contributed by atoms with van der Waals surface area (Å²) in [5.74, 6) is 9.49. The van der Waals surface area contributed by atoms with E-state index in [1.165, 1.54) is 36.4 Å². The highest BCUT2D eigenvalue weighted by molar-refractivity contribution is 5.88. The molecule has 0 unspecified atom stereocenters. The van der Waals surface area contributed by atoms with Gasteiger partial charge in [0.25, 0.3) is 0 Å². The van der Waals surface area contributed by atoms with E-state index in [9.17, 15) is 13.6 Å². The Bertz CT molecular complexity index is 1560. The summed E-state index contributed by atoms with van der Waals surface area (Å²) in [6, 6.07) is 18.3. The van der Waals surface area contributed by atoms with Crippen molar-refractivity contribution in [2.24, 2.45) is 0 Å². The smallest absolute Gasteiger partial charge is 0.335 e. The Morgan fingerprint density at radius 1 is 0.757 bits per heavy atom. The zero-order chi connectivity index (χ0) is 26.8. The van der Waals surface area contributed by atoms with Crippen LogP contribution >= 0.6 is 0 Å². The summed E-state index contributed by atoms with van der Waals surface area (Å²) in [6.45, 7) is 3.49. The Hall–Kier alpha value is -4.85. The van der Waals surface area contributed by atoms with Crippen molar-refractivity contribution in [3.8, 4) is 23.7 Å². The minimum absolute atomic E-state index is 0.0436. The summed E-state index contributed by atoms with van der Waals surface area (Å²) in [6.07, 6.45) is 0. The van der Waals surface area contributed by atoms with Crippen LogP contribution in [0, 0.1) is 49.2 Å². The third kappa shape index (κ3) is 8.70. The summed E-state index contributed by atoms with van der Waals surface area (Å²) < 4.78 is 25.9. The number of nitrogens with zero attached hydrogens (tertiary/aromatic N) is 2. The van der Waals surface area contributed by atoms with Crippen molar-refractivity contribution in [3.05, 3.63) is 129 Å². The van der Waals surface area contributed by atoms with Gasteiger partial charge in [0.05, 0.1) is 12.2 Å². The molecule has 184 valence electrons. The van der Waals surface area contributed by atoms with E-state index in [0.717, 1.165) is 11.3 Å². The lowest BCUT2D eigenvalue weighted by Gasteiger charge is -1.99. The van der Waals surface area contributed by atoms with Crippen LogP contribution < -0.4 is 0 Å². The van der Waals surface area contributed by atoms with Gasteiger partial charge in [0.1, 0.15) is 23.0 Å². The molecule has 0 amide bonds. The van der Waals surface area contributed by atoms with Crippen molar-refractivity contribution >= 4 is 5.97 Å². The number of hydrogen-bond acceptors (Lipinski definition) is 4. The normalized spacial score (nSPS) is 9.65. The number of benzene rings is 2. The number of aryl methyl sites for hydroxylation is 2. The van der Waals surface area contributed by atoms with Crippen LogP contribution in [0.3, 0.4) is 0 Å². The second-order valence-corrected chi connectivity index (χ2v) is 7.87. The molecule has 5 nitrogen and oxygen atoms in total. The van der Waals surface area contributed by atoms with Crippen LogP contribution in [0.1, 0.15) is 49.8 Å². The molecule has 0 fully saturated rings. The van der Waals surface area contributed by atoms with Crippen LogP contribution in [0.25, 0.3) is 0 Å². The van der Waals surface area contributed by atoms with Crippen LogP contribution in [-0.2, 0) is 6.61 Å². The summed E-state index contributed by atoms with van der Waals surface area (Å²) in [5, 5.41) is 18.0. The maximum Gasteiger partial charge on any atom is 0.335 e. The monoisotopic (exact) mass is 496 g/mol. The molecule has 4 rings (SSSR count). The Balaban J connectivity index is 0.000000206. The fourth-order valence-electron chi connectivity index (χ4n) is 3.16. The molecule has 2 N–H and O–H groups in total. The summed E-state index contributed by atoms with van der Waals surface area (Å²) in [4.78, 5) is 19.3. The Morgan fingerprint density at radius 2 is 1.27 bits per heavy atom. The number of rotatable bonds is 2. The van der Waals surface area contributed by atoms with E-state index in [0.29, 0.717) is 28.2 Å². The van der Waals surface area contributed by atoms with Crippen molar-refractivity contribution in [1.29, 1.82) is 0 Å². The van der Waals surface area contributed by atoms with Gasteiger partial charge in [-0.25, -0.2) is 23.5 Å². The van der Waals surface area contributed by atoms with Crippen LogP contribution in [0.5, 0.6) is 0 Å². The molecule has 0 aliphatic rings. The van der Waals surface area contributed by atoms with E-state index in [-0.39, 0.29) is 23.8 Å². The number of aromatic carboxylic acids is 1. The standard InChI is InChI=1S/C15H10FNO2.C15H12FNO/c1-10-7-12(15(18)19)9-14(17-10)6-5-11-3-2-4-13(16)8-11;1-11-7-13(10-18)9-15(17-11)6-5-12-3-2-4-14(16)8-12/h2-4,7-9H,1H3,(H,18,19);2-4,7-9,18H,10H2,1H3. The number of carboxylic acid groups (broad SMARTS) is 1. The molecule has 0 aliphatic heterocycles. The molecule has 0 saturated carbocycles. The van der Waals surface area contributed by atoms with Crippen LogP contribution in [0.4, 0.5) is 8.78 Å². The lowest BCUT2D eigenvalue weighted by atomic mass is 10.2. The molecular weight excluding hydrogens is 474 g/mol. The van der Waals surface area contributed by atoms with E-state index in [1.807, 2.05) is 6.92 Å². The number of aliphatic hydroxyl groups excluding tert-OH is 1. The zero-order valence-corrected chi connectivity index (χ0v) is 20.1. The first-order valence-corrected chi connectivity index (χ1v) is 11.1. The fraction of sp³-hybridized carbons (Fsp3) is 0.100. The number of aromatic nitrogens is 2. The van der Waals surface area contributed by atoms with E-state index in [4.69, 9.17) is 10.2 Å². The van der Waals surface area contributed by atoms with Gasteiger partial charge in [0, 0.05) is 22.5 Å². The average Bonchev–Trinajstić information content (AvgIpc) is 2.86. The van der Waals surface area contributed by atoms with Gasteiger partial charge in [-0.15, -0.1) is 0 Å². The van der Waals surface area contributed by atoms with Crippen molar-refractivity contribution < 1.29 is 23.8 Å². The lowest BCUT2D eigenvalue weighted by molar-refractivity contribution is 0.0696. The molecule has 4 aromatic rings. The number of halogens is 2. The Labute approximate surface area is 213 Å². The predicted molar refractivity (Wildman–Crippen MR) is 136 cm³/mol. The van der Waals surface area contributed by atoms with Crippen molar-refractivity contribution in [2.75, 3.05) is 0 Å². The maximum atomic E-state index is 13.0. The predicted octanol–water partition coefficient (Wildman–Crippen LogP) is 5.05. The third-order valence-corrected chi connectivity index (χ3v) is 4.72. The first-order valence-electron chi connectivity index (χ1n) is 11.1.